The van der Waals surface area contributed by atoms with E-state index >= 15 is 0 Å². The Morgan fingerprint density at radius 1 is 0.346 bits per heavy atom. The minimum atomic E-state index is 0.676. The Bertz CT molecular complexity index is 2950. The average Bonchev–Trinajstić information content (AvgIpc) is 3.23. The molecule has 0 saturated heterocycles. The molecule has 3 heterocycles. The fourth-order valence-corrected chi connectivity index (χ4v) is 7.37. The van der Waals surface area contributed by atoms with E-state index in [1.807, 2.05) is 36.7 Å². The van der Waals surface area contributed by atoms with E-state index in [1.165, 1.54) is 16.5 Å². The molecule has 0 aliphatic rings. The van der Waals surface area contributed by atoms with Gasteiger partial charge in [0, 0.05) is 50.6 Å². The second-order valence-electron chi connectivity index (χ2n) is 13.1. The molecule has 0 N–H and O–H groups in total. The maximum absolute atomic E-state index is 5.25. The number of pyridine rings is 2. The van der Waals surface area contributed by atoms with Crippen molar-refractivity contribution in [2.45, 2.75) is 0 Å². The maximum atomic E-state index is 5.25. The Balaban J connectivity index is 1.06. The Labute approximate surface area is 300 Å². The van der Waals surface area contributed by atoms with Crippen molar-refractivity contribution in [2.75, 3.05) is 0 Å². The highest BCUT2D eigenvalue weighted by atomic mass is 14.9. The Hall–Kier alpha value is -7.04. The van der Waals surface area contributed by atoms with Gasteiger partial charge in [-0.05, 0) is 63.5 Å². The fraction of sp³-hybridized carbons (Fsp3) is 0. The molecule has 10 rings (SSSR count). The van der Waals surface area contributed by atoms with Crippen LogP contribution in [0.4, 0.5) is 0 Å². The third-order valence-electron chi connectivity index (χ3n) is 9.98. The minimum Gasteiger partial charge on any atom is -0.256 e. The normalized spacial score (nSPS) is 11.5. The highest BCUT2D eigenvalue weighted by molar-refractivity contribution is 6.07. The van der Waals surface area contributed by atoms with E-state index in [-0.39, 0.29) is 0 Å². The monoisotopic (exact) mass is 662 g/mol. The zero-order chi connectivity index (χ0) is 34.4. The second-order valence-corrected chi connectivity index (χ2v) is 13.1. The highest BCUT2D eigenvalue weighted by Gasteiger charge is 2.17. The van der Waals surface area contributed by atoms with Crippen molar-refractivity contribution < 1.29 is 0 Å². The Morgan fingerprint density at radius 2 is 1.02 bits per heavy atom. The quantitative estimate of drug-likeness (QED) is 0.172. The molecule has 52 heavy (non-hydrogen) atoms. The first-order chi connectivity index (χ1) is 25.8. The van der Waals surface area contributed by atoms with Crippen molar-refractivity contribution in [1.29, 1.82) is 0 Å². The molecule has 0 radical (unpaired) electrons. The number of benzene rings is 7. The largest absolute Gasteiger partial charge is 0.256 e. The lowest BCUT2D eigenvalue weighted by molar-refractivity contribution is 1.23. The summed E-state index contributed by atoms with van der Waals surface area (Å²) in [7, 11) is 0. The topological polar surface area (TPSA) is 51.6 Å². The molecule has 0 unspecified atom stereocenters. The van der Waals surface area contributed by atoms with Crippen molar-refractivity contribution in [3.05, 3.63) is 182 Å². The van der Waals surface area contributed by atoms with E-state index in [1.54, 1.807) is 0 Å². The van der Waals surface area contributed by atoms with E-state index in [9.17, 15) is 0 Å². The molecular formula is C48H30N4. The van der Waals surface area contributed by atoms with Crippen molar-refractivity contribution in [1.82, 2.24) is 19.9 Å². The van der Waals surface area contributed by atoms with Crippen molar-refractivity contribution in [3.63, 3.8) is 0 Å². The summed E-state index contributed by atoms with van der Waals surface area (Å²) in [5.74, 6) is 0.676. The van der Waals surface area contributed by atoms with Crippen LogP contribution in [0.25, 0.3) is 99.5 Å². The number of rotatable bonds is 5. The molecule has 7 aromatic carbocycles. The predicted molar refractivity (Wildman–Crippen MR) is 215 cm³/mol. The van der Waals surface area contributed by atoms with Crippen LogP contribution in [-0.4, -0.2) is 19.9 Å². The lowest BCUT2D eigenvalue weighted by Crippen LogP contribution is -1.97. The van der Waals surface area contributed by atoms with Gasteiger partial charge in [0.2, 0.25) is 0 Å². The van der Waals surface area contributed by atoms with E-state index in [0.717, 1.165) is 77.2 Å². The van der Waals surface area contributed by atoms with Gasteiger partial charge in [0.1, 0.15) is 0 Å². The number of fused-ring (bicyclic) bond motifs is 5. The zero-order valence-corrected chi connectivity index (χ0v) is 28.1. The molecule has 0 aliphatic heterocycles. The van der Waals surface area contributed by atoms with Crippen LogP contribution in [0.1, 0.15) is 0 Å². The molecule has 0 fully saturated rings. The maximum Gasteiger partial charge on any atom is 0.161 e. The van der Waals surface area contributed by atoms with Gasteiger partial charge in [-0.2, -0.15) is 0 Å². The molecule has 242 valence electrons. The Morgan fingerprint density at radius 3 is 1.92 bits per heavy atom. The molecular weight excluding hydrogens is 633 g/mol. The van der Waals surface area contributed by atoms with Crippen LogP contribution in [0.2, 0.25) is 0 Å². The molecule has 4 heteroatoms. The third-order valence-corrected chi connectivity index (χ3v) is 9.98. The summed E-state index contributed by atoms with van der Waals surface area (Å²) in [4.78, 5) is 20.1. The number of nitrogens with zero attached hydrogens (tertiary/aromatic N) is 4. The van der Waals surface area contributed by atoms with Gasteiger partial charge in [0.05, 0.1) is 22.2 Å². The van der Waals surface area contributed by atoms with E-state index < -0.39 is 0 Å². The van der Waals surface area contributed by atoms with Gasteiger partial charge in [-0.3, -0.25) is 9.97 Å². The van der Waals surface area contributed by atoms with Gasteiger partial charge >= 0.3 is 0 Å². The summed E-state index contributed by atoms with van der Waals surface area (Å²) in [6.07, 6.45) is 3.82. The number of hydrogen-bond donors (Lipinski definition) is 0. The smallest absolute Gasteiger partial charge is 0.161 e. The summed E-state index contributed by atoms with van der Waals surface area (Å²) in [6.45, 7) is 0. The lowest BCUT2D eigenvalue weighted by Gasteiger charge is -2.14. The minimum absolute atomic E-state index is 0.676. The van der Waals surface area contributed by atoms with Crippen LogP contribution >= 0.6 is 0 Å². The van der Waals surface area contributed by atoms with E-state index in [4.69, 9.17) is 19.9 Å². The predicted octanol–water partition coefficient (Wildman–Crippen LogP) is 12.2. The summed E-state index contributed by atoms with van der Waals surface area (Å²) in [6, 6.07) is 59.4. The molecule has 0 bridgehead atoms. The van der Waals surface area contributed by atoms with Gasteiger partial charge in [-0.1, -0.05) is 140 Å². The lowest BCUT2D eigenvalue weighted by atomic mass is 9.94. The van der Waals surface area contributed by atoms with Crippen molar-refractivity contribution in [3.8, 4) is 56.0 Å². The molecule has 0 atom stereocenters. The van der Waals surface area contributed by atoms with Crippen molar-refractivity contribution >= 4 is 43.5 Å². The van der Waals surface area contributed by atoms with Crippen LogP contribution in [0, 0.1) is 0 Å². The SMILES string of the molecule is c1ccc(-c2ccc(-c3nc(-c4ccc(-c5cccc(-c6ccc7c(c6)ncc6ccccc67)c5)c5ncccc45)nc4ccccc34)cc2)cc1. The standard InChI is InChI=1S/C48H30N4/c1-2-10-31(11-3-1)32-19-21-33(22-20-32)46-43-16-6-7-18-44(43)51-48(52-46)42-26-25-39(47-41(42)17-9-27-49-47)36-14-8-13-34(28-36)35-23-24-40-38-15-5-4-12-37(38)30-50-45(40)29-35/h1-30H. The summed E-state index contributed by atoms with van der Waals surface area (Å²) in [5, 5.41) is 5.55. The van der Waals surface area contributed by atoms with Crippen LogP contribution < -0.4 is 0 Å². The van der Waals surface area contributed by atoms with Crippen LogP contribution in [0.5, 0.6) is 0 Å². The molecule has 3 aromatic heterocycles. The zero-order valence-electron chi connectivity index (χ0n) is 28.1. The Kier molecular flexibility index (Phi) is 7.10. The average molecular weight is 663 g/mol. The number of para-hydroxylation sites is 1. The van der Waals surface area contributed by atoms with Gasteiger partial charge < -0.3 is 0 Å². The first kappa shape index (κ1) is 29.8. The van der Waals surface area contributed by atoms with Crippen LogP contribution in [-0.2, 0) is 0 Å². The molecule has 0 amide bonds. The molecule has 0 saturated carbocycles. The molecule has 4 nitrogen and oxygen atoms in total. The molecule has 10 aromatic rings. The van der Waals surface area contributed by atoms with Crippen molar-refractivity contribution in [2.24, 2.45) is 0 Å². The van der Waals surface area contributed by atoms with E-state index in [0.29, 0.717) is 5.82 Å². The van der Waals surface area contributed by atoms with Gasteiger partial charge in [0.15, 0.2) is 5.82 Å². The van der Waals surface area contributed by atoms with Gasteiger partial charge in [-0.15, -0.1) is 0 Å². The third kappa shape index (κ3) is 5.17. The highest BCUT2D eigenvalue weighted by Crippen LogP contribution is 2.38. The van der Waals surface area contributed by atoms with Gasteiger partial charge in [0.25, 0.3) is 0 Å². The summed E-state index contributed by atoms with van der Waals surface area (Å²) in [5.41, 5.74) is 12.5. The van der Waals surface area contributed by atoms with Crippen LogP contribution in [0.15, 0.2) is 182 Å². The first-order valence-corrected chi connectivity index (χ1v) is 17.5. The summed E-state index contributed by atoms with van der Waals surface area (Å²) < 4.78 is 0. The number of aromatic nitrogens is 4. The second kappa shape index (κ2) is 12.4. The molecule has 0 aliphatic carbocycles. The molecule has 0 spiro atoms. The first-order valence-electron chi connectivity index (χ1n) is 17.5. The van der Waals surface area contributed by atoms with Crippen LogP contribution in [0.3, 0.4) is 0 Å². The fourth-order valence-electron chi connectivity index (χ4n) is 7.37. The summed E-state index contributed by atoms with van der Waals surface area (Å²) >= 11 is 0. The van der Waals surface area contributed by atoms with Gasteiger partial charge in [-0.25, -0.2) is 9.97 Å². The van der Waals surface area contributed by atoms with E-state index in [2.05, 4.69) is 146 Å². The number of hydrogen-bond acceptors (Lipinski definition) is 4.